The molecule has 2 aromatic rings. The van der Waals surface area contributed by atoms with Crippen LogP contribution in [0.5, 0.6) is 0 Å². The van der Waals surface area contributed by atoms with E-state index >= 15 is 0 Å². The van der Waals surface area contributed by atoms with Gasteiger partial charge in [0.2, 0.25) is 0 Å². The van der Waals surface area contributed by atoms with Crippen LogP contribution in [0.1, 0.15) is 16.1 Å². The summed E-state index contributed by atoms with van der Waals surface area (Å²) in [6.07, 6.45) is -1.98. The predicted octanol–water partition coefficient (Wildman–Crippen LogP) is 2.97. The van der Waals surface area contributed by atoms with E-state index in [9.17, 15) is 21.6 Å². The third kappa shape index (κ3) is 3.50. The Bertz CT molecular complexity index is 769. The summed E-state index contributed by atoms with van der Waals surface area (Å²) in [5.41, 5.74) is 0.344. The fourth-order valence-electron chi connectivity index (χ4n) is 1.55. The molecule has 2 heterocycles. The molecular formula is C11H10F3N3O2S2. The van der Waals surface area contributed by atoms with Crippen molar-refractivity contribution >= 4 is 26.5 Å². The fourth-order valence-corrected chi connectivity index (χ4v) is 3.67. The van der Waals surface area contributed by atoms with Crippen LogP contribution in [0.4, 0.5) is 18.3 Å². The first kappa shape index (κ1) is 15.7. The van der Waals surface area contributed by atoms with Crippen molar-refractivity contribution in [2.24, 2.45) is 0 Å². The molecule has 0 amide bonds. The van der Waals surface area contributed by atoms with Crippen molar-refractivity contribution in [2.75, 3.05) is 4.72 Å². The van der Waals surface area contributed by atoms with E-state index in [4.69, 9.17) is 0 Å². The Balaban J connectivity index is 2.34. The summed E-state index contributed by atoms with van der Waals surface area (Å²) in [6, 6.07) is 1.36. The van der Waals surface area contributed by atoms with Crippen LogP contribution in [0, 0.1) is 13.8 Å². The normalized spacial score (nSPS) is 12.4. The number of hydrogen-bond acceptors (Lipinski definition) is 5. The van der Waals surface area contributed by atoms with Crippen LogP contribution in [0.2, 0.25) is 0 Å². The average Bonchev–Trinajstić information content (AvgIpc) is 2.69. The molecule has 0 saturated heterocycles. The van der Waals surface area contributed by atoms with Crippen molar-refractivity contribution in [1.82, 2.24) is 9.97 Å². The van der Waals surface area contributed by atoms with Gasteiger partial charge in [0.1, 0.15) is 9.77 Å². The molecule has 10 heteroatoms. The lowest BCUT2D eigenvalue weighted by Crippen LogP contribution is -2.13. The minimum atomic E-state index is -4.56. The quantitative estimate of drug-likeness (QED) is 0.935. The summed E-state index contributed by atoms with van der Waals surface area (Å²) in [6.45, 7) is 2.83. The van der Waals surface area contributed by atoms with E-state index in [2.05, 4.69) is 9.97 Å². The number of sulfonamides is 1. The summed E-state index contributed by atoms with van der Waals surface area (Å²) in [5.74, 6) is 0. The lowest BCUT2D eigenvalue weighted by molar-refractivity contribution is -0.134. The molecule has 0 aliphatic carbocycles. The van der Waals surface area contributed by atoms with Gasteiger partial charge in [0, 0.05) is 12.4 Å². The van der Waals surface area contributed by atoms with Gasteiger partial charge < -0.3 is 0 Å². The standard InChI is InChI=1S/C11H10F3N3O2S2/c1-6-3-8(5-15-4-6)21(18,19)17-10-16-7(2)9(20-10)11(12,13)14/h3-5H,1-2H3,(H,16,17). The van der Waals surface area contributed by atoms with Gasteiger partial charge >= 0.3 is 6.18 Å². The van der Waals surface area contributed by atoms with E-state index < -0.39 is 21.1 Å². The van der Waals surface area contributed by atoms with Crippen LogP contribution in [0.25, 0.3) is 0 Å². The second kappa shape index (κ2) is 5.26. The minimum Gasteiger partial charge on any atom is -0.263 e. The second-order valence-corrected chi connectivity index (χ2v) is 6.92. The Labute approximate surface area is 122 Å². The highest BCUT2D eigenvalue weighted by atomic mass is 32.2. The number of rotatable bonds is 3. The van der Waals surface area contributed by atoms with Gasteiger partial charge in [-0.3, -0.25) is 9.71 Å². The van der Waals surface area contributed by atoms with E-state index in [1.807, 2.05) is 4.72 Å². The van der Waals surface area contributed by atoms with Gasteiger partial charge in [0.25, 0.3) is 10.0 Å². The van der Waals surface area contributed by atoms with Crippen LogP contribution >= 0.6 is 11.3 Å². The highest BCUT2D eigenvalue weighted by Gasteiger charge is 2.36. The van der Waals surface area contributed by atoms with E-state index in [1.54, 1.807) is 6.92 Å². The smallest absolute Gasteiger partial charge is 0.263 e. The molecule has 0 unspecified atom stereocenters. The summed E-state index contributed by atoms with van der Waals surface area (Å²) < 4.78 is 64.1. The molecule has 5 nitrogen and oxygen atoms in total. The number of aryl methyl sites for hydroxylation is 2. The summed E-state index contributed by atoms with van der Waals surface area (Å²) in [7, 11) is -4.02. The maximum absolute atomic E-state index is 12.7. The summed E-state index contributed by atoms with van der Waals surface area (Å²) in [5, 5.41) is -0.332. The molecule has 0 atom stereocenters. The highest BCUT2D eigenvalue weighted by Crippen LogP contribution is 2.38. The third-order valence-corrected chi connectivity index (χ3v) is 4.99. The molecular weight excluding hydrogens is 327 g/mol. The van der Waals surface area contributed by atoms with E-state index in [0.717, 1.165) is 6.20 Å². The topological polar surface area (TPSA) is 72.0 Å². The molecule has 114 valence electrons. The number of hydrogen-bond donors (Lipinski definition) is 1. The molecule has 0 bridgehead atoms. The van der Waals surface area contributed by atoms with Gasteiger partial charge in [-0.25, -0.2) is 13.4 Å². The average molecular weight is 337 g/mol. The lowest BCUT2D eigenvalue weighted by Gasteiger charge is -2.05. The lowest BCUT2D eigenvalue weighted by atomic mass is 10.3. The third-order valence-electron chi connectivity index (χ3n) is 2.44. The number of pyridine rings is 1. The highest BCUT2D eigenvalue weighted by molar-refractivity contribution is 7.93. The van der Waals surface area contributed by atoms with Gasteiger partial charge in [-0.2, -0.15) is 13.2 Å². The van der Waals surface area contributed by atoms with Crippen molar-refractivity contribution in [3.63, 3.8) is 0 Å². The fraction of sp³-hybridized carbons (Fsp3) is 0.273. The zero-order valence-electron chi connectivity index (χ0n) is 10.9. The first-order valence-corrected chi connectivity index (χ1v) is 7.88. The molecule has 0 aliphatic rings. The van der Waals surface area contributed by atoms with Crippen LogP contribution in [-0.4, -0.2) is 18.4 Å². The van der Waals surface area contributed by atoms with Crippen molar-refractivity contribution in [1.29, 1.82) is 0 Å². The number of alkyl halides is 3. The molecule has 0 aromatic carbocycles. The largest absolute Gasteiger partial charge is 0.427 e. The van der Waals surface area contributed by atoms with Crippen molar-refractivity contribution in [2.45, 2.75) is 24.9 Å². The Morgan fingerprint density at radius 1 is 1.24 bits per heavy atom. The summed E-state index contributed by atoms with van der Waals surface area (Å²) >= 11 is 0.245. The summed E-state index contributed by atoms with van der Waals surface area (Å²) in [4.78, 5) is 6.27. The van der Waals surface area contributed by atoms with Gasteiger partial charge in [-0.05, 0) is 25.5 Å². The molecule has 0 fully saturated rings. The molecule has 1 N–H and O–H groups in total. The maximum atomic E-state index is 12.7. The molecule has 0 spiro atoms. The maximum Gasteiger partial charge on any atom is 0.427 e. The van der Waals surface area contributed by atoms with Crippen molar-refractivity contribution < 1.29 is 21.6 Å². The van der Waals surface area contributed by atoms with Gasteiger partial charge in [0.05, 0.1) is 5.69 Å². The Morgan fingerprint density at radius 2 is 1.90 bits per heavy atom. The van der Waals surface area contributed by atoms with E-state index in [-0.39, 0.29) is 27.1 Å². The number of nitrogens with one attached hydrogen (secondary N) is 1. The van der Waals surface area contributed by atoms with Crippen LogP contribution < -0.4 is 4.72 Å². The van der Waals surface area contributed by atoms with E-state index in [1.165, 1.54) is 19.2 Å². The first-order valence-electron chi connectivity index (χ1n) is 5.59. The number of anilines is 1. The monoisotopic (exact) mass is 337 g/mol. The molecule has 0 aliphatic heterocycles. The number of nitrogens with zero attached hydrogens (tertiary/aromatic N) is 2. The van der Waals surface area contributed by atoms with Crippen LogP contribution in [0.15, 0.2) is 23.4 Å². The second-order valence-electron chi connectivity index (χ2n) is 4.23. The van der Waals surface area contributed by atoms with E-state index in [0.29, 0.717) is 5.56 Å². The van der Waals surface area contributed by atoms with Gasteiger partial charge in [-0.1, -0.05) is 11.3 Å². The van der Waals surface area contributed by atoms with Gasteiger partial charge in [-0.15, -0.1) is 0 Å². The molecule has 0 radical (unpaired) electrons. The zero-order valence-corrected chi connectivity index (χ0v) is 12.5. The minimum absolute atomic E-state index is 0.135. The van der Waals surface area contributed by atoms with Crippen LogP contribution in [-0.2, 0) is 16.2 Å². The zero-order chi connectivity index (χ0) is 15.8. The molecule has 2 aromatic heterocycles. The molecule has 0 saturated carbocycles. The SMILES string of the molecule is Cc1cncc(S(=O)(=O)Nc2nc(C)c(C(F)(F)F)s2)c1. The Kier molecular flexibility index (Phi) is 3.93. The molecule has 2 rings (SSSR count). The number of thiazole rings is 1. The van der Waals surface area contributed by atoms with Crippen molar-refractivity contribution in [3.8, 4) is 0 Å². The molecule has 21 heavy (non-hydrogen) atoms. The Hall–Kier alpha value is -1.68. The predicted molar refractivity (Wildman–Crippen MR) is 71.6 cm³/mol. The number of halogens is 3. The first-order chi connectivity index (χ1) is 9.59. The Morgan fingerprint density at radius 3 is 2.43 bits per heavy atom. The number of aromatic nitrogens is 2. The van der Waals surface area contributed by atoms with Crippen LogP contribution in [0.3, 0.4) is 0 Å². The van der Waals surface area contributed by atoms with Crippen molar-refractivity contribution in [3.05, 3.63) is 34.6 Å². The van der Waals surface area contributed by atoms with Gasteiger partial charge in [0.15, 0.2) is 5.13 Å².